The Hall–Kier alpha value is -3.16. The predicted octanol–water partition coefficient (Wildman–Crippen LogP) is 2.56. The van der Waals surface area contributed by atoms with Crippen LogP contribution in [0.4, 0.5) is 4.39 Å². The third-order valence-electron chi connectivity index (χ3n) is 4.28. The van der Waals surface area contributed by atoms with Gasteiger partial charge in [0.1, 0.15) is 12.1 Å². The third kappa shape index (κ3) is 3.30. The summed E-state index contributed by atoms with van der Waals surface area (Å²) in [5, 5.41) is 6.95. The van der Waals surface area contributed by atoms with Gasteiger partial charge in [-0.3, -0.25) is 4.79 Å². The molecule has 1 aromatic carbocycles. The minimum absolute atomic E-state index is 0.306. The maximum atomic E-state index is 13.8. The number of nitrogens with one attached hydrogen (secondary N) is 1. The zero-order valence-electron chi connectivity index (χ0n) is 14.1. The fourth-order valence-corrected chi connectivity index (χ4v) is 2.84. The van der Waals surface area contributed by atoms with E-state index in [9.17, 15) is 9.18 Å². The minimum Gasteiger partial charge on any atom is -0.342 e. The van der Waals surface area contributed by atoms with Crippen LogP contribution in [0.25, 0.3) is 5.95 Å². The van der Waals surface area contributed by atoms with Gasteiger partial charge in [-0.2, -0.15) is 9.78 Å². The van der Waals surface area contributed by atoms with Crippen LogP contribution in [0, 0.1) is 5.82 Å². The van der Waals surface area contributed by atoms with E-state index >= 15 is 0 Å². The first-order valence-corrected chi connectivity index (χ1v) is 8.40. The molecule has 0 spiro atoms. The fraction of sp³-hybridized carbons (Fsp3) is 0.278. The van der Waals surface area contributed by atoms with E-state index in [0.717, 1.165) is 18.4 Å². The molecular weight excluding hydrogens is 335 g/mol. The van der Waals surface area contributed by atoms with E-state index in [4.69, 9.17) is 0 Å². The molecule has 0 aliphatic heterocycles. The van der Waals surface area contributed by atoms with Gasteiger partial charge in [0.25, 0.3) is 11.9 Å². The summed E-state index contributed by atoms with van der Waals surface area (Å²) in [4.78, 5) is 25.1. The van der Waals surface area contributed by atoms with Gasteiger partial charge in [0.15, 0.2) is 5.82 Å². The van der Waals surface area contributed by atoms with E-state index in [0.29, 0.717) is 23.3 Å². The predicted molar refractivity (Wildman–Crippen MR) is 91.2 cm³/mol. The molecule has 2 heterocycles. The van der Waals surface area contributed by atoms with Gasteiger partial charge in [-0.1, -0.05) is 0 Å². The van der Waals surface area contributed by atoms with Crippen LogP contribution >= 0.6 is 0 Å². The Labute approximate surface area is 149 Å². The van der Waals surface area contributed by atoms with Crippen LogP contribution in [0.1, 0.15) is 53.5 Å². The molecule has 132 valence electrons. The molecule has 0 saturated heterocycles. The Kier molecular flexibility index (Phi) is 4.16. The van der Waals surface area contributed by atoms with Gasteiger partial charge in [0.2, 0.25) is 0 Å². The lowest BCUT2D eigenvalue weighted by atomic mass is 10.1. The number of carbonyl (C=O) groups excluding carboxylic acids is 1. The summed E-state index contributed by atoms with van der Waals surface area (Å²) in [5.41, 5.74) is 1.18. The number of carbonyl (C=O) groups is 1. The van der Waals surface area contributed by atoms with Crippen LogP contribution in [0.3, 0.4) is 0 Å². The molecule has 2 aromatic heterocycles. The SMILES string of the molecule is C[C@@H](NC(=O)c1cc(F)cc(C2CC2)c1)c1ncnn1-c1ncccn1. The quantitative estimate of drug-likeness (QED) is 0.763. The number of rotatable bonds is 5. The molecule has 1 amide bonds. The minimum atomic E-state index is -0.457. The van der Waals surface area contributed by atoms with Crippen molar-refractivity contribution < 1.29 is 9.18 Å². The van der Waals surface area contributed by atoms with Crippen molar-refractivity contribution in [3.63, 3.8) is 0 Å². The van der Waals surface area contributed by atoms with E-state index < -0.39 is 11.9 Å². The summed E-state index contributed by atoms with van der Waals surface area (Å²) < 4.78 is 15.3. The maximum Gasteiger partial charge on any atom is 0.252 e. The van der Waals surface area contributed by atoms with E-state index in [1.54, 1.807) is 31.5 Å². The van der Waals surface area contributed by atoms with Gasteiger partial charge in [0.05, 0.1) is 6.04 Å². The van der Waals surface area contributed by atoms with Crippen molar-refractivity contribution in [1.82, 2.24) is 30.0 Å². The zero-order valence-corrected chi connectivity index (χ0v) is 14.1. The highest BCUT2D eigenvalue weighted by atomic mass is 19.1. The van der Waals surface area contributed by atoms with Gasteiger partial charge >= 0.3 is 0 Å². The number of halogens is 1. The van der Waals surface area contributed by atoms with Crippen LogP contribution in [-0.4, -0.2) is 30.6 Å². The number of hydrogen-bond donors (Lipinski definition) is 1. The van der Waals surface area contributed by atoms with Crippen LogP contribution in [0.5, 0.6) is 0 Å². The highest BCUT2D eigenvalue weighted by Gasteiger charge is 2.25. The molecule has 7 nitrogen and oxygen atoms in total. The van der Waals surface area contributed by atoms with Gasteiger partial charge in [-0.15, -0.1) is 0 Å². The molecular formula is C18H17FN6O. The standard InChI is InChI=1S/C18H17FN6O/c1-11(16-22-10-23-25(16)18-20-5-2-6-21-18)24-17(26)14-7-13(12-3-4-12)8-15(19)9-14/h2,5-12H,3-4H2,1H3,(H,24,26)/t11-/m1/s1. The first-order chi connectivity index (χ1) is 12.6. The Morgan fingerprint density at radius 2 is 2.00 bits per heavy atom. The summed E-state index contributed by atoms with van der Waals surface area (Å²) in [7, 11) is 0. The molecule has 1 atom stereocenters. The highest BCUT2D eigenvalue weighted by molar-refractivity contribution is 5.94. The summed E-state index contributed by atoms with van der Waals surface area (Å²) >= 11 is 0. The second kappa shape index (κ2) is 6.62. The lowest BCUT2D eigenvalue weighted by Gasteiger charge is -2.14. The Morgan fingerprint density at radius 1 is 1.23 bits per heavy atom. The zero-order chi connectivity index (χ0) is 18.1. The largest absolute Gasteiger partial charge is 0.342 e. The molecule has 0 radical (unpaired) electrons. The number of hydrogen-bond acceptors (Lipinski definition) is 5. The Balaban J connectivity index is 1.55. The normalized spacial score (nSPS) is 14.8. The van der Waals surface area contributed by atoms with E-state index in [-0.39, 0.29) is 5.91 Å². The van der Waals surface area contributed by atoms with Crippen molar-refractivity contribution in [2.24, 2.45) is 0 Å². The van der Waals surface area contributed by atoms with Crippen molar-refractivity contribution in [3.05, 3.63) is 65.8 Å². The lowest BCUT2D eigenvalue weighted by Crippen LogP contribution is -2.29. The molecule has 3 aromatic rings. The average Bonchev–Trinajstić information content (AvgIpc) is 3.38. The van der Waals surface area contributed by atoms with Crippen molar-refractivity contribution in [2.45, 2.75) is 31.7 Å². The molecule has 8 heteroatoms. The van der Waals surface area contributed by atoms with Crippen LogP contribution < -0.4 is 5.32 Å². The number of amides is 1. The number of benzene rings is 1. The maximum absolute atomic E-state index is 13.8. The summed E-state index contributed by atoms with van der Waals surface area (Å²) in [6.07, 6.45) is 6.66. The first-order valence-electron chi connectivity index (χ1n) is 8.40. The Morgan fingerprint density at radius 3 is 2.73 bits per heavy atom. The molecule has 1 aliphatic rings. The second-order valence-electron chi connectivity index (χ2n) is 6.32. The summed E-state index contributed by atoms with van der Waals surface area (Å²) in [6, 6.07) is 5.75. The lowest BCUT2D eigenvalue weighted by molar-refractivity contribution is 0.0937. The third-order valence-corrected chi connectivity index (χ3v) is 4.28. The van der Waals surface area contributed by atoms with E-state index in [1.165, 1.54) is 23.1 Å². The van der Waals surface area contributed by atoms with Crippen molar-refractivity contribution in [3.8, 4) is 5.95 Å². The summed E-state index contributed by atoms with van der Waals surface area (Å²) in [6.45, 7) is 1.78. The monoisotopic (exact) mass is 352 g/mol. The second-order valence-corrected chi connectivity index (χ2v) is 6.32. The molecule has 4 rings (SSSR count). The summed E-state index contributed by atoms with van der Waals surface area (Å²) in [5.74, 6) is 0.467. The topological polar surface area (TPSA) is 85.6 Å². The average molecular weight is 352 g/mol. The van der Waals surface area contributed by atoms with Crippen LogP contribution in [-0.2, 0) is 0 Å². The molecule has 1 N–H and O–H groups in total. The van der Waals surface area contributed by atoms with Crippen molar-refractivity contribution >= 4 is 5.91 Å². The van der Waals surface area contributed by atoms with Crippen LogP contribution in [0.15, 0.2) is 43.0 Å². The molecule has 1 saturated carbocycles. The molecule has 0 unspecified atom stereocenters. The van der Waals surface area contributed by atoms with Gasteiger partial charge in [-0.05, 0) is 55.5 Å². The van der Waals surface area contributed by atoms with E-state index in [1.807, 2.05) is 0 Å². The Bertz CT molecular complexity index is 938. The molecule has 1 fully saturated rings. The molecule has 26 heavy (non-hydrogen) atoms. The van der Waals surface area contributed by atoms with Crippen molar-refractivity contribution in [2.75, 3.05) is 0 Å². The van der Waals surface area contributed by atoms with E-state index in [2.05, 4.69) is 25.4 Å². The van der Waals surface area contributed by atoms with Crippen LogP contribution in [0.2, 0.25) is 0 Å². The first kappa shape index (κ1) is 16.3. The smallest absolute Gasteiger partial charge is 0.252 e. The van der Waals surface area contributed by atoms with Gasteiger partial charge in [-0.25, -0.2) is 19.3 Å². The molecule has 0 bridgehead atoms. The van der Waals surface area contributed by atoms with Gasteiger partial charge < -0.3 is 5.32 Å². The highest BCUT2D eigenvalue weighted by Crippen LogP contribution is 2.40. The number of nitrogens with zero attached hydrogens (tertiary/aromatic N) is 5. The molecule has 1 aliphatic carbocycles. The van der Waals surface area contributed by atoms with Gasteiger partial charge in [0, 0.05) is 18.0 Å². The van der Waals surface area contributed by atoms with Crippen molar-refractivity contribution in [1.29, 1.82) is 0 Å². The fourth-order valence-electron chi connectivity index (χ4n) is 2.84. The number of aromatic nitrogens is 5.